The van der Waals surface area contributed by atoms with E-state index in [4.69, 9.17) is 17.0 Å². The normalized spacial score (nSPS) is 11.4. The van der Waals surface area contributed by atoms with Crippen LogP contribution in [0.15, 0.2) is 18.2 Å². The zero-order valence-electron chi connectivity index (χ0n) is 18.3. The Bertz CT molecular complexity index is 765. The highest BCUT2D eigenvalue weighted by Gasteiger charge is 2.23. The van der Waals surface area contributed by atoms with Crippen LogP contribution < -0.4 is 21.3 Å². The summed E-state index contributed by atoms with van der Waals surface area (Å²) in [7, 11) is 3.88. The minimum atomic E-state index is -0.579. The van der Waals surface area contributed by atoms with E-state index < -0.39 is 11.6 Å². The Kier molecular flexibility index (Phi) is 8.67. The number of ether oxygens (including phenoxy) is 1. The van der Waals surface area contributed by atoms with E-state index in [1.807, 2.05) is 65.7 Å². The molecule has 0 atom stereocenters. The first-order valence-electron chi connectivity index (χ1n) is 9.28. The van der Waals surface area contributed by atoms with E-state index >= 15 is 0 Å². The first-order valence-corrected chi connectivity index (χ1v) is 9.69. The Labute approximate surface area is 179 Å². The molecule has 0 saturated carbocycles. The minimum Gasteiger partial charge on any atom is -0.447 e. The number of nitriles is 1. The largest absolute Gasteiger partial charge is 0.447 e. The van der Waals surface area contributed by atoms with Crippen molar-refractivity contribution in [2.45, 2.75) is 45.7 Å². The topological polar surface area (TPSA) is 101 Å². The summed E-state index contributed by atoms with van der Waals surface area (Å²) in [6.45, 7) is 10.2. The molecule has 29 heavy (non-hydrogen) atoms. The Balaban J connectivity index is 2.64. The molecule has 1 amide bonds. The Morgan fingerprint density at radius 3 is 2.41 bits per heavy atom. The number of rotatable bonds is 7. The van der Waals surface area contributed by atoms with Crippen LogP contribution in [0, 0.1) is 11.3 Å². The van der Waals surface area contributed by atoms with Crippen LogP contribution in [0.1, 0.15) is 40.2 Å². The van der Waals surface area contributed by atoms with Crippen LogP contribution in [0.4, 0.5) is 16.2 Å². The third-order valence-electron chi connectivity index (χ3n) is 3.48. The molecule has 0 radical (unpaired) electrons. The predicted octanol–water partition coefficient (Wildman–Crippen LogP) is 3.08. The van der Waals surface area contributed by atoms with Gasteiger partial charge in [0, 0.05) is 11.2 Å². The number of hydrogen-bond acceptors (Lipinski definition) is 6. The molecule has 4 N–H and O–H groups in total. The van der Waals surface area contributed by atoms with Crippen molar-refractivity contribution in [2.75, 3.05) is 38.0 Å². The molecule has 0 bridgehead atoms. The average Bonchev–Trinajstić information content (AvgIpc) is 2.56. The van der Waals surface area contributed by atoms with Crippen LogP contribution in [-0.2, 0) is 4.74 Å². The van der Waals surface area contributed by atoms with E-state index in [0.717, 1.165) is 5.69 Å². The third kappa shape index (κ3) is 9.96. The van der Waals surface area contributed by atoms with Crippen molar-refractivity contribution in [2.24, 2.45) is 0 Å². The van der Waals surface area contributed by atoms with Crippen molar-refractivity contribution in [1.82, 2.24) is 15.5 Å². The number of nitrogens with zero attached hydrogens (tertiary/aromatic N) is 2. The van der Waals surface area contributed by atoms with Gasteiger partial charge in [-0.15, -0.1) is 0 Å². The molecule has 1 aromatic carbocycles. The molecule has 0 saturated heterocycles. The highest BCUT2D eigenvalue weighted by molar-refractivity contribution is 7.80. The first-order chi connectivity index (χ1) is 13.3. The van der Waals surface area contributed by atoms with Gasteiger partial charge < -0.3 is 26.0 Å². The summed E-state index contributed by atoms with van der Waals surface area (Å²) in [6.07, 6.45) is -0.481. The SMILES string of the molecule is CN(C)CNc1ccc(NC(=S)NC(C)(C)COC(=O)NC(C)(C)C)cc1C#N. The molecule has 160 valence electrons. The molecular formula is C20H32N6O2S. The fourth-order valence-electron chi connectivity index (χ4n) is 2.21. The maximum absolute atomic E-state index is 11.8. The van der Waals surface area contributed by atoms with Crippen LogP contribution in [0.5, 0.6) is 0 Å². The molecule has 0 aliphatic heterocycles. The molecule has 0 aliphatic carbocycles. The molecule has 9 heteroatoms. The smallest absolute Gasteiger partial charge is 0.407 e. The van der Waals surface area contributed by atoms with Gasteiger partial charge in [0.25, 0.3) is 0 Å². The van der Waals surface area contributed by atoms with Crippen molar-refractivity contribution < 1.29 is 9.53 Å². The Morgan fingerprint density at radius 1 is 1.21 bits per heavy atom. The van der Waals surface area contributed by atoms with Gasteiger partial charge in [-0.3, -0.25) is 4.90 Å². The second-order valence-electron chi connectivity index (χ2n) is 8.70. The van der Waals surface area contributed by atoms with Gasteiger partial charge in [0.05, 0.1) is 23.5 Å². The number of carbonyl (C=O) groups is 1. The van der Waals surface area contributed by atoms with E-state index in [2.05, 4.69) is 27.3 Å². The maximum Gasteiger partial charge on any atom is 0.407 e. The summed E-state index contributed by atoms with van der Waals surface area (Å²) in [6, 6.07) is 7.58. The number of hydrogen-bond donors (Lipinski definition) is 4. The summed E-state index contributed by atoms with van der Waals surface area (Å²) in [5.74, 6) is 0. The quantitative estimate of drug-likeness (QED) is 0.394. The number of anilines is 2. The Morgan fingerprint density at radius 2 is 1.86 bits per heavy atom. The van der Waals surface area contributed by atoms with Gasteiger partial charge in [0.1, 0.15) is 12.7 Å². The second kappa shape index (κ2) is 10.3. The number of carbonyl (C=O) groups excluding carboxylic acids is 1. The molecule has 1 rings (SSSR count). The zero-order valence-corrected chi connectivity index (χ0v) is 19.1. The van der Waals surface area contributed by atoms with Crippen molar-refractivity contribution in [3.05, 3.63) is 23.8 Å². The molecule has 0 aliphatic rings. The number of thiocarbonyl (C=S) groups is 1. The van der Waals surface area contributed by atoms with E-state index in [9.17, 15) is 10.1 Å². The number of amides is 1. The number of benzene rings is 1. The molecular weight excluding hydrogens is 388 g/mol. The predicted molar refractivity (Wildman–Crippen MR) is 121 cm³/mol. The number of alkyl carbamates (subject to hydrolysis) is 1. The summed E-state index contributed by atoms with van der Waals surface area (Å²) in [4.78, 5) is 13.8. The van der Waals surface area contributed by atoms with Crippen LogP contribution in [-0.4, -0.2) is 54.6 Å². The van der Waals surface area contributed by atoms with E-state index in [0.29, 0.717) is 23.0 Å². The standard InChI is InChI=1S/C20H32N6O2S/c1-19(2,3)25-18(27)28-12-20(4,5)24-17(29)23-15-8-9-16(14(10-15)11-21)22-13-26(6)7/h8-10,22H,12-13H2,1-7H3,(H,25,27)(H2,23,24,29). The lowest BCUT2D eigenvalue weighted by molar-refractivity contribution is 0.113. The fourth-order valence-corrected chi connectivity index (χ4v) is 2.60. The zero-order chi connectivity index (χ0) is 22.2. The molecule has 0 fully saturated rings. The molecule has 0 aromatic heterocycles. The van der Waals surface area contributed by atoms with Crippen molar-refractivity contribution >= 4 is 34.8 Å². The summed E-state index contributed by atoms with van der Waals surface area (Å²) >= 11 is 5.37. The van der Waals surface area contributed by atoms with Gasteiger partial charge in [-0.25, -0.2) is 4.79 Å². The number of nitrogens with one attached hydrogen (secondary N) is 4. The van der Waals surface area contributed by atoms with Crippen molar-refractivity contribution in [3.8, 4) is 6.07 Å². The van der Waals surface area contributed by atoms with Gasteiger partial charge in [-0.05, 0) is 79.1 Å². The maximum atomic E-state index is 11.8. The third-order valence-corrected chi connectivity index (χ3v) is 3.68. The lowest BCUT2D eigenvalue weighted by Gasteiger charge is -2.28. The highest BCUT2D eigenvalue weighted by atomic mass is 32.1. The van der Waals surface area contributed by atoms with E-state index in [-0.39, 0.29) is 12.1 Å². The summed E-state index contributed by atoms with van der Waals surface area (Å²) in [5.41, 5.74) is 1.02. The summed E-state index contributed by atoms with van der Waals surface area (Å²) < 4.78 is 5.28. The van der Waals surface area contributed by atoms with Gasteiger partial charge in [0.15, 0.2) is 5.11 Å². The fraction of sp³-hybridized carbons (Fsp3) is 0.550. The van der Waals surface area contributed by atoms with Crippen LogP contribution >= 0.6 is 12.2 Å². The van der Waals surface area contributed by atoms with Crippen molar-refractivity contribution in [3.63, 3.8) is 0 Å². The molecule has 0 spiro atoms. The van der Waals surface area contributed by atoms with Crippen LogP contribution in [0.3, 0.4) is 0 Å². The van der Waals surface area contributed by atoms with Crippen molar-refractivity contribution in [1.29, 1.82) is 5.26 Å². The van der Waals surface area contributed by atoms with Gasteiger partial charge >= 0.3 is 6.09 Å². The van der Waals surface area contributed by atoms with Crippen LogP contribution in [0.25, 0.3) is 0 Å². The van der Waals surface area contributed by atoms with Gasteiger partial charge in [-0.1, -0.05) is 0 Å². The first kappa shape index (κ1) is 24.5. The van der Waals surface area contributed by atoms with E-state index in [1.54, 1.807) is 6.07 Å². The second-order valence-corrected chi connectivity index (χ2v) is 9.11. The summed E-state index contributed by atoms with van der Waals surface area (Å²) in [5, 5.41) is 21.9. The lowest BCUT2D eigenvalue weighted by Crippen LogP contribution is -2.50. The highest BCUT2D eigenvalue weighted by Crippen LogP contribution is 2.20. The monoisotopic (exact) mass is 420 g/mol. The molecule has 8 nitrogen and oxygen atoms in total. The average molecular weight is 421 g/mol. The van der Waals surface area contributed by atoms with Crippen LogP contribution in [0.2, 0.25) is 0 Å². The van der Waals surface area contributed by atoms with Gasteiger partial charge in [-0.2, -0.15) is 5.26 Å². The van der Waals surface area contributed by atoms with Gasteiger partial charge in [0.2, 0.25) is 0 Å². The lowest BCUT2D eigenvalue weighted by atomic mass is 10.1. The Hall–Kier alpha value is -2.57. The molecule has 1 aromatic rings. The van der Waals surface area contributed by atoms with E-state index in [1.165, 1.54) is 0 Å². The minimum absolute atomic E-state index is 0.133. The molecule has 0 unspecified atom stereocenters. The molecule has 0 heterocycles.